The van der Waals surface area contributed by atoms with E-state index in [0.29, 0.717) is 13.2 Å². The van der Waals surface area contributed by atoms with Gasteiger partial charge < -0.3 is 20.5 Å². The lowest BCUT2D eigenvalue weighted by Crippen LogP contribution is -2.40. The Morgan fingerprint density at radius 3 is 3.00 bits per heavy atom. The van der Waals surface area contributed by atoms with E-state index in [4.69, 9.17) is 9.73 Å². The van der Waals surface area contributed by atoms with Crippen molar-refractivity contribution in [3.05, 3.63) is 18.0 Å². The number of nitrogens with one attached hydrogen (secondary N) is 2. The maximum Gasteiger partial charge on any atom is 0.191 e. The molecule has 1 aromatic heterocycles. The van der Waals surface area contributed by atoms with Gasteiger partial charge in [-0.3, -0.25) is 9.67 Å². The van der Waals surface area contributed by atoms with Gasteiger partial charge in [-0.05, 0) is 32.3 Å². The summed E-state index contributed by atoms with van der Waals surface area (Å²) in [5.74, 6) is 0.806. The number of aliphatic hydroxyl groups excluding tert-OH is 1. The van der Waals surface area contributed by atoms with E-state index in [1.165, 1.54) is 0 Å². The Kier molecular flexibility index (Phi) is 6.85. The molecule has 0 bridgehead atoms. The zero-order valence-corrected chi connectivity index (χ0v) is 14.2. The third-order valence-electron chi connectivity index (χ3n) is 4.14. The highest BCUT2D eigenvalue weighted by molar-refractivity contribution is 5.79. The number of aryl methyl sites for hydroxylation is 1. The quantitative estimate of drug-likeness (QED) is 0.480. The van der Waals surface area contributed by atoms with E-state index in [1.54, 1.807) is 0 Å². The third-order valence-corrected chi connectivity index (χ3v) is 4.14. The van der Waals surface area contributed by atoms with Gasteiger partial charge in [-0.15, -0.1) is 0 Å². The first-order valence-corrected chi connectivity index (χ1v) is 8.37. The molecule has 0 saturated carbocycles. The van der Waals surface area contributed by atoms with Gasteiger partial charge in [0.25, 0.3) is 0 Å². The molecule has 7 heteroatoms. The van der Waals surface area contributed by atoms with E-state index in [2.05, 4.69) is 22.7 Å². The SMILES string of the molecule is CCNC(=NCC1(CCO)CCOC1)NCCn1cc(C)cn1. The fraction of sp³-hybridized carbons (Fsp3) is 0.750. The van der Waals surface area contributed by atoms with Crippen LogP contribution in [0.3, 0.4) is 0 Å². The van der Waals surface area contributed by atoms with E-state index < -0.39 is 0 Å². The summed E-state index contributed by atoms with van der Waals surface area (Å²) in [4.78, 5) is 4.70. The summed E-state index contributed by atoms with van der Waals surface area (Å²) in [6.07, 6.45) is 5.58. The van der Waals surface area contributed by atoms with Crippen LogP contribution in [0.5, 0.6) is 0 Å². The molecule has 1 aliphatic rings. The average molecular weight is 323 g/mol. The summed E-state index contributed by atoms with van der Waals surface area (Å²) in [6, 6.07) is 0. The highest BCUT2D eigenvalue weighted by atomic mass is 16.5. The van der Waals surface area contributed by atoms with Gasteiger partial charge in [0, 0.05) is 37.9 Å². The van der Waals surface area contributed by atoms with Crippen LogP contribution in [0, 0.1) is 12.3 Å². The van der Waals surface area contributed by atoms with E-state index in [1.807, 2.05) is 24.0 Å². The molecule has 0 amide bonds. The van der Waals surface area contributed by atoms with Crippen LogP contribution in [0.2, 0.25) is 0 Å². The predicted octanol–water partition coefficient (Wildman–Crippen LogP) is 0.536. The Morgan fingerprint density at radius 1 is 1.52 bits per heavy atom. The maximum atomic E-state index is 9.28. The molecule has 1 atom stereocenters. The first-order chi connectivity index (χ1) is 11.2. The standard InChI is InChI=1S/C16H29N5O2/c1-3-17-15(18-6-7-21-11-14(2)10-20-21)19-12-16(4-8-22)5-9-23-13-16/h10-11,22H,3-9,12-13H2,1-2H3,(H2,17,18,19). The number of guanidine groups is 1. The highest BCUT2D eigenvalue weighted by Gasteiger charge is 2.34. The number of rotatable bonds is 8. The van der Waals surface area contributed by atoms with Crippen molar-refractivity contribution in [2.45, 2.75) is 33.2 Å². The minimum absolute atomic E-state index is 0.0177. The van der Waals surface area contributed by atoms with Gasteiger partial charge in [0.1, 0.15) is 0 Å². The van der Waals surface area contributed by atoms with Crippen molar-refractivity contribution in [3.63, 3.8) is 0 Å². The molecule has 1 saturated heterocycles. The van der Waals surface area contributed by atoms with Gasteiger partial charge in [0.05, 0.1) is 25.9 Å². The maximum absolute atomic E-state index is 9.28. The molecule has 0 aromatic carbocycles. The molecule has 3 N–H and O–H groups in total. The predicted molar refractivity (Wildman–Crippen MR) is 90.5 cm³/mol. The lowest BCUT2D eigenvalue weighted by atomic mass is 9.84. The van der Waals surface area contributed by atoms with Crippen LogP contribution in [-0.2, 0) is 11.3 Å². The van der Waals surface area contributed by atoms with Crippen LogP contribution in [-0.4, -0.2) is 60.3 Å². The largest absolute Gasteiger partial charge is 0.396 e. The zero-order valence-electron chi connectivity index (χ0n) is 14.2. The molecule has 1 fully saturated rings. The normalized spacial score (nSPS) is 21.6. The molecule has 7 nitrogen and oxygen atoms in total. The van der Waals surface area contributed by atoms with E-state index >= 15 is 0 Å². The molecular formula is C16H29N5O2. The number of hydrogen-bond donors (Lipinski definition) is 3. The molecule has 1 aromatic rings. The molecule has 0 radical (unpaired) electrons. The molecule has 2 rings (SSSR count). The number of hydrogen-bond acceptors (Lipinski definition) is 4. The topological polar surface area (TPSA) is 83.7 Å². The molecular weight excluding hydrogens is 294 g/mol. The van der Waals surface area contributed by atoms with Crippen molar-refractivity contribution >= 4 is 5.96 Å². The van der Waals surface area contributed by atoms with Crippen LogP contribution in [0.15, 0.2) is 17.4 Å². The number of nitrogens with zero attached hydrogens (tertiary/aromatic N) is 3. The van der Waals surface area contributed by atoms with Crippen molar-refractivity contribution in [1.29, 1.82) is 0 Å². The molecule has 1 unspecified atom stereocenters. The van der Waals surface area contributed by atoms with Crippen LogP contribution in [0.1, 0.15) is 25.3 Å². The Balaban J connectivity index is 1.86. The molecule has 23 heavy (non-hydrogen) atoms. The minimum Gasteiger partial charge on any atom is -0.396 e. The van der Waals surface area contributed by atoms with Gasteiger partial charge in [-0.1, -0.05) is 0 Å². The summed E-state index contributed by atoms with van der Waals surface area (Å²) in [7, 11) is 0. The van der Waals surface area contributed by atoms with E-state index in [0.717, 1.165) is 50.6 Å². The summed E-state index contributed by atoms with van der Waals surface area (Å²) < 4.78 is 7.43. The summed E-state index contributed by atoms with van der Waals surface area (Å²) in [5, 5.41) is 20.2. The second-order valence-corrected chi connectivity index (χ2v) is 6.18. The fourth-order valence-corrected chi connectivity index (χ4v) is 2.75. The summed E-state index contributed by atoms with van der Waals surface area (Å²) >= 11 is 0. The summed E-state index contributed by atoms with van der Waals surface area (Å²) in [5.41, 5.74) is 1.15. The second kappa shape index (κ2) is 8.88. The highest BCUT2D eigenvalue weighted by Crippen LogP contribution is 2.32. The van der Waals surface area contributed by atoms with Gasteiger partial charge in [0.2, 0.25) is 0 Å². The van der Waals surface area contributed by atoms with E-state index in [9.17, 15) is 5.11 Å². The lowest BCUT2D eigenvalue weighted by Gasteiger charge is -2.24. The minimum atomic E-state index is -0.0177. The van der Waals surface area contributed by atoms with Crippen LogP contribution in [0.4, 0.5) is 0 Å². The second-order valence-electron chi connectivity index (χ2n) is 6.18. The average Bonchev–Trinajstić information content (AvgIpc) is 3.15. The van der Waals surface area contributed by atoms with Gasteiger partial charge in [0.15, 0.2) is 5.96 Å². The van der Waals surface area contributed by atoms with Gasteiger partial charge in [-0.2, -0.15) is 5.10 Å². The van der Waals surface area contributed by atoms with Crippen molar-refractivity contribution in [3.8, 4) is 0 Å². The fourth-order valence-electron chi connectivity index (χ4n) is 2.75. The molecule has 0 aliphatic carbocycles. The molecule has 0 spiro atoms. The zero-order chi connectivity index (χ0) is 16.5. The molecule has 1 aliphatic heterocycles. The van der Waals surface area contributed by atoms with Crippen molar-refractivity contribution < 1.29 is 9.84 Å². The van der Waals surface area contributed by atoms with Crippen molar-refractivity contribution in [1.82, 2.24) is 20.4 Å². The van der Waals surface area contributed by atoms with Crippen LogP contribution in [0.25, 0.3) is 0 Å². The van der Waals surface area contributed by atoms with Crippen LogP contribution >= 0.6 is 0 Å². The third kappa shape index (κ3) is 5.51. The monoisotopic (exact) mass is 323 g/mol. The van der Waals surface area contributed by atoms with Gasteiger partial charge in [-0.25, -0.2) is 0 Å². The lowest BCUT2D eigenvalue weighted by molar-refractivity contribution is 0.131. The molecule has 2 heterocycles. The smallest absolute Gasteiger partial charge is 0.191 e. The first kappa shape index (κ1) is 17.7. The number of aliphatic hydroxyl groups is 1. The number of ether oxygens (including phenoxy) is 1. The molecule has 130 valence electrons. The number of aliphatic imine (C=N–C) groups is 1. The number of aromatic nitrogens is 2. The van der Waals surface area contributed by atoms with Crippen molar-refractivity contribution in [2.75, 3.05) is 39.5 Å². The summed E-state index contributed by atoms with van der Waals surface area (Å²) in [6.45, 7) is 8.76. The Bertz CT molecular complexity index is 494. The van der Waals surface area contributed by atoms with Crippen LogP contribution < -0.4 is 10.6 Å². The Labute approximate surface area is 138 Å². The Morgan fingerprint density at radius 2 is 2.39 bits per heavy atom. The van der Waals surface area contributed by atoms with Crippen molar-refractivity contribution in [2.24, 2.45) is 10.4 Å². The Hall–Kier alpha value is -1.60. The van der Waals surface area contributed by atoms with E-state index in [-0.39, 0.29) is 12.0 Å². The first-order valence-electron chi connectivity index (χ1n) is 8.37. The van der Waals surface area contributed by atoms with Gasteiger partial charge >= 0.3 is 0 Å².